The fourth-order valence-corrected chi connectivity index (χ4v) is 1.86. The molecule has 2 rings (SSSR count). The largest absolute Gasteiger partial charge is 0.488 e. The average molecular weight is 321 g/mol. The van der Waals surface area contributed by atoms with Gasteiger partial charge in [-0.2, -0.15) is 0 Å². The summed E-state index contributed by atoms with van der Waals surface area (Å²) in [6, 6.07) is 15.0. The number of amidine groups is 1. The molecule has 0 saturated heterocycles. The van der Waals surface area contributed by atoms with E-state index >= 15 is 0 Å². The van der Waals surface area contributed by atoms with Crippen molar-refractivity contribution in [2.45, 2.75) is 6.61 Å². The van der Waals surface area contributed by atoms with Gasteiger partial charge in [-0.3, -0.25) is 0 Å². The topological polar surface area (TPSA) is 67.8 Å². The van der Waals surface area contributed by atoms with Gasteiger partial charge in [0.25, 0.3) is 0 Å². The minimum absolute atomic E-state index is 0.0337. The predicted octanol–water partition coefficient (Wildman–Crippen LogP) is 3.12. The van der Waals surface area contributed by atoms with Crippen molar-refractivity contribution in [3.05, 3.63) is 64.1 Å². The quantitative estimate of drug-likeness (QED) is 0.393. The second-order valence-corrected chi connectivity index (χ2v) is 4.81. The average Bonchev–Trinajstić information content (AvgIpc) is 2.46. The van der Waals surface area contributed by atoms with Crippen molar-refractivity contribution in [2.24, 2.45) is 10.9 Å². The molecular formula is C14H13BrN2O2. The van der Waals surface area contributed by atoms with Crippen molar-refractivity contribution in [1.29, 1.82) is 0 Å². The maximum atomic E-state index is 8.73. The van der Waals surface area contributed by atoms with Gasteiger partial charge < -0.3 is 15.7 Å². The molecule has 0 atom stereocenters. The van der Waals surface area contributed by atoms with E-state index in [2.05, 4.69) is 21.1 Å². The minimum atomic E-state index is 0.0337. The van der Waals surface area contributed by atoms with Crippen molar-refractivity contribution in [1.82, 2.24) is 0 Å². The van der Waals surface area contributed by atoms with E-state index in [0.29, 0.717) is 17.9 Å². The second kappa shape index (κ2) is 6.24. The SMILES string of the molecule is N/C(=N\O)c1ccccc1OCc1ccc(Br)cc1. The summed E-state index contributed by atoms with van der Waals surface area (Å²) < 4.78 is 6.72. The number of benzene rings is 2. The lowest BCUT2D eigenvalue weighted by atomic mass is 10.2. The lowest BCUT2D eigenvalue weighted by Crippen LogP contribution is -2.14. The van der Waals surface area contributed by atoms with E-state index in [-0.39, 0.29) is 5.84 Å². The van der Waals surface area contributed by atoms with E-state index in [4.69, 9.17) is 15.7 Å². The molecule has 0 aliphatic carbocycles. The van der Waals surface area contributed by atoms with Crippen LogP contribution in [0.4, 0.5) is 0 Å². The smallest absolute Gasteiger partial charge is 0.173 e. The fraction of sp³-hybridized carbons (Fsp3) is 0.0714. The molecule has 3 N–H and O–H groups in total. The van der Waals surface area contributed by atoms with Gasteiger partial charge in [0.2, 0.25) is 0 Å². The zero-order valence-electron chi connectivity index (χ0n) is 10.1. The van der Waals surface area contributed by atoms with Crippen LogP contribution in [-0.4, -0.2) is 11.0 Å². The van der Waals surface area contributed by atoms with Gasteiger partial charge in [0.1, 0.15) is 12.4 Å². The zero-order chi connectivity index (χ0) is 13.7. The summed E-state index contributed by atoms with van der Waals surface area (Å²) in [5, 5.41) is 11.7. The number of rotatable bonds is 4. The number of oxime groups is 1. The fourth-order valence-electron chi connectivity index (χ4n) is 1.60. The molecule has 2 aromatic carbocycles. The summed E-state index contributed by atoms with van der Waals surface area (Å²) in [7, 11) is 0. The molecule has 5 heteroatoms. The molecule has 0 saturated carbocycles. The van der Waals surface area contributed by atoms with Crippen LogP contribution in [0, 0.1) is 0 Å². The molecule has 2 aromatic rings. The second-order valence-electron chi connectivity index (χ2n) is 3.90. The van der Waals surface area contributed by atoms with E-state index < -0.39 is 0 Å². The lowest BCUT2D eigenvalue weighted by molar-refractivity contribution is 0.303. The number of nitrogens with zero attached hydrogens (tertiary/aromatic N) is 1. The third-order valence-electron chi connectivity index (χ3n) is 2.58. The first-order valence-electron chi connectivity index (χ1n) is 5.65. The van der Waals surface area contributed by atoms with Crippen LogP contribution in [-0.2, 0) is 6.61 Å². The molecular weight excluding hydrogens is 308 g/mol. The van der Waals surface area contributed by atoms with Crippen LogP contribution in [0.1, 0.15) is 11.1 Å². The molecule has 0 heterocycles. The Morgan fingerprint density at radius 1 is 1.16 bits per heavy atom. The van der Waals surface area contributed by atoms with Gasteiger partial charge in [0, 0.05) is 4.47 Å². The van der Waals surface area contributed by atoms with Gasteiger partial charge in [0.05, 0.1) is 5.56 Å². The number of hydrogen-bond acceptors (Lipinski definition) is 3. The number of halogens is 1. The Bertz CT molecular complexity index is 582. The third-order valence-corrected chi connectivity index (χ3v) is 3.11. The first-order valence-corrected chi connectivity index (χ1v) is 6.44. The van der Waals surface area contributed by atoms with Crippen molar-refractivity contribution >= 4 is 21.8 Å². The van der Waals surface area contributed by atoms with Crippen molar-refractivity contribution < 1.29 is 9.94 Å². The Morgan fingerprint density at radius 3 is 2.53 bits per heavy atom. The van der Waals surface area contributed by atoms with Gasteiger partial charge in [0.15, 0.2) is 5.84 Å². The number of para-hydroxylation sites is 1. The third kappa shape index (κ3) is 3.48. The highest BCUT2D eigenvalue weighted by Gasteiger charge is 2.07. The Labute approximate surface area is 119 Å². The number of ether oxygens (including phenoxy) is 1. The lowest BCUT2D eigenvalue weighted by Gasteiger charge is -2.10. The number of nitrogens with two attached hydrogens (primary N) is 1. The Balaban J connectivity index is 2.13. The van der Waals surface area contributed by atoms with E-state index in [1.165, 1.54) is 0 Å². The molecule has 0 radical (unpaired) electrons. The highest BCUT2D eigenvalue weighted by Crippen LogP contribution is 2.19. The zero-order valence-corrected chi connectivity index (χ0v) is 11.7. The maximum absolute atomic E-state index is 8.73. The van der Waals surface area contributed by atoms with Crippen LogP contribution >= 0.6 is 15.9 Å². The van der Waals surface area contributed by atoms with E-state index in [9.17, 15) is 0 Å². The molecule has 0 amide bonds. The Kier molecular flexibility index (Phi) is 4.41. The molecule has 0 aliphatic heterocycles. The minimum Gasteiger partial charge on any atom is -0.488 e. The Morgan fingerprint density at radius 2 is 1.84 bits per heavy atom. The van der Waals surface area contributed by atoms with Crippen molar-refractivity contribution in [3.8, 4) is 5.75 Å². The highest BCUT2D eigenvalue weighted by molar-refractivity contribution is 9.10. The van der Waals surface area contributed by atoms with Crippen LogP contribution in [0.25, 0.3) is 0 Å². The molecule has 0 fully saturated rings. The molecule has 0 unspecified atom stereocenters. The van der Waals surface area contributed by atoms with Crippen LogP contribution in [0.5, 0.6) is 5.75 Å². The van der Waals surface area contributed by atoms with E-state index in [0.717, 1.165) is 10.0 Å². The molecule has 0 bridgehead atoms. The summed E-state index contributed by atoms with van der Waals surface area (Å²) in [5.41, 5.74) is 7.21. The standard InChI is InChI=1S/C14H13BrN2O2/c15-11-7-5-10(6-8-11)9-19-13-4-2-1-3-12(13)14(16)17-18/h1-8,18H,9H2,(H2,16,17). The summed E-state index contributed by atoms with van der Waals surface area (Å²) in [6.45, 7) is 0.420. The molecule has 4 nitrogen and oxygen atoms in total. The van der Waals surface area contributed by atoms with Crippen LogP contribution < -0.4 is 10.5 Å². The molecule has 19 heavy (non-hydrogen) atoms. The summed E-state index contributed by atoms with van der Waals surface area (Å²) in [5.74, 6) is 0.618. The van der Waals surface area contributed by atoms with Gasteiger partial charge in [-0.05, 0) is 29.8 Å². The van der Waals surface area contributed by atoms with Crippen LogP contribution in [0.2, 0.25) is 0 Å². The summed E-state index contributed by atoms with van der Waals surface area (Å²) >= 11 is 3.38. The molecule has 0 spiro atoms. The maximum Gasteiger partial charge on any atom is 0.173 e. The van der Waals surface area contributed by atoms with Gasteiger partial charge in [-0.15, -0.1) is 0 Å². The number of hydrogen-bond donors (Lipinski definition) is 2. The van der Waals surface area contributed by atoms with Crippen LogP contribution in [0.15, 0.2) is 58.2 Å². The van der Waals surface area contributed by atoms with Gasteiger partial charge in [-0.25, -0.2) is 0 Å². The first-order chi connectivity index (χ1) is 9.20. The monoisotopic (exact) mass is 320 g/mol. The van der Waals surface area contributed by atoms with Crippen molar-refractivity contribution in [3.63, 3.8) is 0 Å². The van der Waals surface area contributed by atoms with E-state index in [1.807, 2.05) is 30.3 Å². The normalized spacial score (nSPS) is 11.3. The molecule has 0 aromatic heterocycles. The first kappa shape index (κ1) is 13.4. The van der Waals surface area contributed by atoms with Crippen molar-refractivity contribution in [2.75, 3.05) is 0 Å². The Hall–Kier alpha value is -2.01. The molecule has 98 valence electrons. The predicted molar refractivity (Wildman–Crippen MR) is 77.4 cm³/mol. The summed E-state index contributed by atoms with van der Waals surface area (Å²) in [4.78, 5) is 0. The van der Waals surface area contributed by atoms with Gasteiger partial charge >= 0.3 is 0 Å². The van der Waals surface area contributed by atoms with Gasteiger partial charge in [-0.1, -0.05) is 45.4 Å². The van der Waals surface area contributed by atoms with E-state index in [1.54, 1.807) is 18.2 Å². The summed E-state index contributed by atoms with van der Waals surface area (Å²) in [6.07, 6.45) is 0. The highest BCUT2D eigenvalue weighted by atomic mass is 79.9. The molecule has 0 aliphatic rings. The van der Waals surface area contributed by atoms with Crippen LogP contribution in [0.3, 0.4) is 0 Å².